The fourth-order valence-electron chi connectivity index (χ4n) is 4.35. The molecule has 2 unspecified atom stereocenters. The molecular weight excluding hydrogens is 451 g/mol. The third-order valence-electron chi connectivity index (χ3n) is 5.58. The number of benzene rings is 2. The van der Waals surface area contributed by atoms with Gasteiger partial charge in [-0.05, 0) is 36.8 Å². The first-order valence-corrected chi connectivity index (χ1v) is 12.2. The van der Waals surface area contributed by atoms with Crippen molar-refractivity contribution in [3.05, 3.63) is 57.2 Å². The second-order valence-corrected chi connectivity index (χ2v) is 10.7. The smallest absolute Gasteiger partial charge is 0.232 e. The van der Waals surface area contributed by atoms with Gasteiger partial charge in [-0.15, -0.1) is 0 Å². The average molecular weight is 469 g/mol. The Hall–Kier alpha value is -2.22. The average Bonchev–Trinajstić information content (AvgIpc) is 3.07. The van der Waals surface area contributed by atoms with Crippen molar-refractivity contribution in [2.24, 2.45) is 5.92 Å². The topological polar surface area (TPSA) is 105 Å². The molecule has 1 saturated carbocycles. The summed E-state index contributed by atoms with van der Waals surface area (Å²) in [5, 5.41) is 21.2. The molecule has 1 heterocycles. The molecule has 0 aliphatic heterocycles. The van der Waals surface area contributed by atoms with E-state index in [0.29, 0.717) is 29.0 Å². The van der Waals surface area contributed by atoms with E-state index in [0.717, 1.165) is 12.5 Å². The van der Waals surface area contributed by atoms with Crippen molar-refractivity contribution in [1.82, 2.24) is 0 Å². The number of hydrogen-bond acceptors (Lipinski definition) is 6. The Kier molecular flexibility index (Phi) is 5.46. The minimum atomic E-state index is -3.76. The van der Waals surface area contributed by atoms with Crippen molar-refractivity contribution in [3.8, 4) is 22.8 Å². The monoisotopic (exact) mass is 468 g/mol. The van der Waals surface area contributed by atoms with E-state index in [9.17, 15) is 23.4 Å². The zero-order chi connectivity index (χ0) is 21.6. The predicted molar refractivity (Wildman–Crippen MR) is 116 cm³/mol. The van der Waals surface area contributed by atoms with Crippen molar-refractivity contribution in [3.63, 3.8) is 0 Å². The van der Waals surface area contributed by atoms with Crippen LogP contribution < -0.4 is 5.43 Å². The van der Waals surface area contributed by atoms with Crippen molar-refractivity contribution < 1.29 is 23.0 Å². The van der Waals surface area contributed by atoms with Crippen LogP contribution in [0.3, 0.4) is 0 Å². The number of halogens is 2. The maximum atomic E-state index is 12.8. The van der Waals surface area contributed by atoms with Crippen molar-refractivity contribution in [2.45, 2.75) is 25.2 Å². The van der Waals surface area contributed by atoms with Gasteiger partial charge in [0, 0.05) is 33.9 Å². The third-order valence-corrected chi connectivity index (χ3v) is 7.11. The molecule has 0 bridgehead atoms. The normalized spacial score (nSPS) is 19.4. The molecule has 9 heteroatoms. The van der Waals surface area contributed by atoms with Gasteiger partial charge in [0.2, 0.25) is 9.05 Å². The summed E-state index contributed by atoms with van der Waals surface area (Å²) in [6.45, 7) is 0. The van der Waals surface area contributed by atoms with Crippen molar-refractivity contribution in [1.29, 1.82) is 0 Å². The fraction of sp³-hybridized carbons (Fsp3) is 0.286. The number of aromatic hydroxyl groups is 2. The molecule has 0 amide bonds. The number of phenolic OH excluding ortho intramolecular Hbond substituents is 2. The van der Waals surface area contributed by atoms with E-state index in [1.807, 2.05) is 0 Å². The highest BCUT2D eigenvalue weighted by Crippen LogP contribution is 2.48. The molecule has 6 nitrogen and oxygen atoms in total. The number of fused-ring (bicyclic) bond motifs is 1. The van der Waals surface area contributed by atoms with Gasteiger partial charge in [-0.3, -0.25) is 4.79 Å². The van der Waals surface area contributed by atoms with Gasteiger partial charge >= 0.3 is 0 Å². The molecule has 30 heavy (non-hydrogen) atoms. The SMILES string of the molecule is O=c1cc(-c2ccccc2Cl)oc2c(C3CCCC3CS(=O)(=O)Cl)c(O)cc(O)c12. The molecule has 3 aromatic rings. The summed E-state index contributed by atoms with van der Waals surface area (Å²) < 4.78 is 29.4. The lowest BCUT2D eigenvalue weighted by Gasteiger charge is -2.21. The second-order valence-electron chi connectivity index (χ2n) is 7.49. The van der Waals surface area contributed by atoms with Crippen LogP contribution in [0.25, 0.3) is 22.3 Å². The first-order valence-electron chi connectivity index (χ1n) is 9.35. The van der Waals surface area contributed by atoms with Crippen LogP contribution in [0.4, 0.5) is 0 Å². The third kappa shape index (κ3) is 3.89. The summed E-state index contributed by atoms with van der Waals surface area (Å²) in [6, 6.07) is 9.15. The second kappa shape index (κ2) is 7.80. The minimum absolute atomic E-state index is 0.0267. The molecule has 2 atom stereocenters. The highest BCUT2D eigenvalue weighted by Gasteiger charge is 2.36. The maximum absolute atomic E-state index is 12.8. The molecule has 0 radical (unpaired) electrons. The first kappa shape index (κ1) is 21.0. The summed E-state index contributed by atoms with van der Waals surface area (Å²) in [6.07, 6.45) is 1.93. The van der Waals surface area contributed by atoms with E-state index in [-0.39, 0.29) is 34.1 Å². The van der Waals surface area contributed by atoms with Gasteiger partial charge in [-0.2, -0.15) is 0 Å². The minimum Gasteiger partial charge on any atom is -0.507 e. The standard InChI is InChI=1S/C21H18Cl2O6S/c22-14-7-2-1-5-13(14)18-9-17(26)20-16(25)8-15(24)19(21(20)29-18)12-6-3-4-11(12)10-30(23,27)28/h1-2,5,7-9,11-12,24-25H,3-4,6,10H2. The Morgan fingerprint density at radius 1 is 1.10 bits per heavy atom. The highest BCUT2D eigenvalue weighted by atomic mass is 35.7. The van der Waals surface area contributed by atoms with E-state index >= 15 is 0 Å². The van der Waals surface area contributed by atoms with Gasteiger partial charge in [0.05, 0.1) is 10.8 Å². The van der Waals surface area contributed by atoms with E-state index in [4.69, 9.17) is 26.7 Å². The zero-order valence-corrected chi connectivity index (χ0v) is 18.0. The van der Waals surface area contributed by atoms with Crippen molar-refractivity contribution >= 4 is 42.3 Å². The highest BCUT2D eigenvalue weighted by molar-refractivity contribution is 8.13. The molecule has 4 rings (SSSR count). The largest absolute Gasteiger partial charge is 0.507 e. The molecule has 1 aromatic heterocycles. The van der Waals surface area contributed by atoms with Crippen LogP contribution in [0.1, 0.15) is 30.7 Å². The van der Waals surface area contributed by atoms with Gasteiger partial charge in [-0.25, -0.2) is 8.42 Å². The molecule has 2 N–H and O–H groups in total. The van der Waals surface area contributed by atoms with Gasteiger partial charge in [0.15, 0.2) is 5.43 Å². The van der Waals surface area contributed by atoms with Crippen LogP contribution in [0.5, 0.6) is 11.5 Å². The van der Waals surface area contributed by atoms with Gasteiger partial charge in [0.25, 0.3) is 0 Å². The van der Waals surface area contributed by atoms with Crippen LogP contribution in [-0.2, 0) is 9.05 Å². The quantitative estimate of drug-likeness (QED) is 0.523. The van der Waals surface area contributed by atoms with E-state index in [1.54, 1.807) is 24.3 Å². The molecular formula is C21H18Cl2O6S. The molecule has 0 spiro atoms. The Labute approximate surface area is 182 Å². The van der Waals surface area contributed by atoms with Gasteiger partial charge in [0.1, 0.15) is 28.2 Å². The number of phenols is 2. The van der Waals surface area contributed by atoms with E-state index in [1.165, 1.54) is 6.07 Å². The lowest BCUT2D eigenvalue weighted by molar-refractivity contribution is 0.430. The predicted octanol–water partition coefficient (Wildman–Crippen LogP) is 4.98. The van der Waals surface area contributed by atoms with Gasteiger partial charge in [-0.1, -0.05) is 30.2 Å². The Bertz CT molecular complexity index is 1300. The van der Waals surface area contributed by atoms with Crippen molar-refractivity contribution in [2.75, 3.05) is 5.75 Å². The number of hydrogen-bond donors (Lipinski definition) is 2. The molecule has 0 saturated heterocycles. The Morgan fingerprint density at radius 2 is 1.83 bits per heavy atom. The van der Waals surface area contributed by atoms with Crippen LogP contribution in [0.15, 0.2) is 45.6 Å². The van der Waals surface area contributed by atoms with Crippen LogP contribution >= 0.6 is 22.3 Å². The number of rotatable bonds is 4. The summed E-state index contributed by atoms with van der Waals surface area (Å²) >= 11 is 6.25. The maximum Gasteiger partial charge on any atom is 0.232 e. The van der Waals surface area contributed by atoms with E-state index < -0.39 is 26.1 Å². The lowest BCUT2D eigenvalue weighted by atomic mass is 9.87. The van der Waals surface area contributed by atoms with E-state index in [2.05, 4.69) is 0 Å². The summed E-state index contributed by atoms with van der Waals surface area (Å²) in [7, 11) is 1.72. The molecule has 1 aliphatic rings. The summed E-state index contributed by atoms with van der Waals surface area (Å²) in [4.78, 5) is 12.8. The lowest BCUT2D eigenvalue weighted by Crippen LogP contribution is -2.16. The van der Waals surface area contributed by atoms with Crippen LogP contribution in [0, 0.1) is 5.92 Å². The molecule has 2 aromatic carbocycles. The molecule has 1 fully saturated rings. The van der Waals surface area contributed by atoms with Crippen LogP contribution in [-0.4, -0.2) is 24.4 Å². The van der Waals surface area contributed by atoms with Gasteiger partial charge < -0.3 is 14.6 Å². The fourth-order valence-corrected chi connectivity index (χ4v) is 5.97. The van der Waals surface area contributed by atoms with Crippen LogP contribution in [0.2, 0.25) is 5.02 Å². The summed E-state index contributed by atoms with van der Waals surface area (Å²) in [5.74, 6) is -1.49. The molecule has 158 valence electrons. The molecule has 1 aliphatic carbocycles. The Balaban J connectivity index is 1.98. The first-order chi connectivity index (χ1) is 14.2. The zero-order valence-electron chi connectivity index (χ0n) is 15.6. The Morgan fingerprint density at radius 3 is 2.53 bits per heavy atom. The summed E-state index contributed by atoms with van der Waals surface area (Å²) in [5.41, 5.74) is 0.318.